The summed E-state index contributed by atoms with van der Waals surface area (Å²) in [7, 11) is -3.49. The number of aryl methyl sites for hydroxylation is 1. The second-order valence-corrected chi connectivity index (χ2v) is 8.14. The standard InChI is InChI=1S/C9H14N2O3S3/c1-7-8(16-9(12)10-7)17(13,14)11-3-2-5-15-6-4-11/h2-6H2,1H3,(H,10,12). The van der Waals surface area contributed by atoms with Gasteiger partial charge in [0.05, 0.1) is 0 Å². The number of nitrogens with one attached hydrogen (secondary N) is 1. The molecule has 8 heteroatoms. The van der Waals surface area contributed by atoms with Gasteiger partial charge in [-0.2, -0.15) is 16.1 Å². The molecule has 1 N–H and O–H groups in total. The first-order valence-electron chi connectivity index (χ1n) is 5.29. The van der Waals surface area contributed by atoms with Crippen molar-refractivity contribution in [3.63, 3.8) is 0 Å². The van der Waals surface area contributed by atoms with Gasteiger partial charge in [0.1, 0.15) is 0 Å². The fourth-order valence-electron chi connectivity index (χ4n) is 1.72. The maximum Gasteiger partial charge on any atom is 0.305 e. The van der Waals surface area contributed by atoms with E-state index in [9.17, 15) is 13.2 Å². The van der Waals surface area contributed by atoms with E-state index >= 15 is 0 Å². The van der Waals surface area contributed by atoms with Crippen molar-refractivity contribution in [2.24, 2.45) is 0 Å². The zero-order valence-corrected chi connectivity index (χ0v) is 11.9. The number of rotatable bonds is 2. The number of nitrogens with zero attached hydrogens (tertiary/aromatic N) is 1. The van der Waals surface area contributed by atoms with E-state index < -0.39 is 10.0 Å². The van der Waals surface area contributed by atoms with Crippen LogP contribution in [0.3, 0.4) is 0 Å². The maximum absolute atomic E-state index is 12.3. The second-order valence-electron chi connectivity index (χ2n) is 3.80. The largest absolute Gasteiger partial charge is 0.315 e. The minimum absolute atomic E-state index is 0.161. The zero-order valence-electron chi connectivity index (χ0n) is 9.43. The number of aromatic nitrogens is 1. The van der Waals surface area contributed by atoms with Crippen LogP contribution >= 0.6 is 23.1 Å². The molecule has 1 aromatic heterocycles. The van der Waals surface area contributed by atoms with Crippen LogP contribution in [0.15, 0.2) is 9.00 Å². The van der Waals surface area contributed by atoms with Crippen LogP contribution in [0.5, 0.6) is 0 Å². The smallest absolute Gasteiger partial charge is 0.305 e. The molecule has 1 aliphatic heterocycles. The van der Waals surface area contributed by atoms with Gasteiger partial charge < -0.3 is 4.98 Å². The lowest BCUT2D eigenvalue weighted by molar-refractivity contribution is 0.436. The van der Waals surface area contributed by atoms with Crippen LogP contribution in [0.4, 0.5) is 0 Å². The Hall–Kier alpha value is -0.310. The van der Waals surface area contributed by atoms with Gasteiger partial charge in [-0.05, 0) is 19.1 Å². The summed E-state index contributed by atoms with van der Waals surface area (Å²) in [6.07, 6.45) is 0.863. The van der Waals surface area contributed by atoms with Crippen LogP contribution < -0.4 is 4.87 Å². The van der Waals surface area contributed by atoms with Crippen molar-refractivity contribution in [1.82, 2.24) is 9.29 Å². The molecule has 0 saturated carbocycles. The highest BCUT2D eigenvalue weighted by molar-refractivity contribution is 7.99. The molecule has 1 saturated heterocycles. The zero-order chi connectivity index (χ0) is 12.5. The van der Waals surface area contributed by atoms with Gasteiger partial charge in [0.25, 0.3) is 10.0 Å². The molecule has 0 atom stereocenters. The summed E-state index contributed by atoms with van der Waals surface area (Å²) in [4.78, 5) is 13.4. The van der Waals surface area contributed by atoms with Gasteiger partial charge in [0.2, 0.25) is 0 Å². The van der Waals surface area contributed by atoms with E-state index in [2.05, 4.69) is 4.98 Å². The predicted octanol–water partition coefficient (Wildman–Crippen LogP) is 0.872. The van der Waals surface area contributed by atoms with E-state index in [1.165, 1.54) is 4.31 Å². The molecule has 17 heavy (non-hydrogen) atoms. The molecule has 0 amide bonds. The minimum atomic E-state index is -3.49. The van der Waals surface area contributed by atoms with Crippen molar-refractivity contribution < 1.29 is 8.42 Å². The van der Waals surface area contributed by atoms with Gasteiger partial charge in [-0.3, -0.25) is 4.79 Å². The quantitative estimate of drug-likeness (QED) is 0.879. The molecule has 1 fully saturated rings. The third-order valence-electron chi connectivity index (χ3n) is 2.54. The highest BCUT2D eigenvalue weighted by atomic mass is 32.2. The van der Waals surface area contributed by atoms with Crippen molar-refractivity contribution in [2.45, 2.75) is 17.6 Å². The van der Waals surface area contributed by atoms with Crippen molar-refractivity contribution in [1.29, 1.82) is 0 Å². The van der Waals surface area contributed by atoms with Crippen LogP contribution in [0.1, 0.15) is 12.1 Å². The second kappa shape index (κ2) is 5.13. The Kier molecular flexibility index (Phi) is 3.96. The van der Waals surface area contributed by atoms with Crippen molar-refractivity contribution in [3.05, 3.63) is 15.4 Å². The number of hydrogen-bond acceptors (Lipinski definition) is 5. The molecule has 2 rings (SSSR count). The fraction of sp³-hybridized carbons (Fsp3) is 0.667. The number of thiazole rings is 1. The van der Waals surface area contributed by atoms with Crippen molar-refractivity contribution >= 4 is 33.1 Å². The number of hydrogen-bond donors (Lipinski definition) is 1. The van der Waals surface area contributed by atoms with Crippen LogP contribution in [0.25, 0.3) is 0 Å². The minimum Gasteiger partial charge on any atom is -0.315 e. The number of sulfonamides is 1. The first-order valence-corrected chi connectivity index (χ1v) is 8.70. The lowest BCUT2D eigenvalue weighted by Crippen LogP contribution is -2.32. The lowest BCUT2D eigenvalue weighted by atomic mass is 10.5. The summed E-state index contributed by atoms with van der Waals surface area (Å²) in [5, 5.41) is 0. The Morgan fingerprint density at radius 3 is 2.71 bits per heavy atom. The molecular weight excluding hydrogens is 280 g/mol. The molecule has 1 aliphatic rings. The Morgan fingerprint density at radius 1 is 1.29 bits per heavy atom. The first-order chi connectivity index (χ1) is 8.01. The first kappa shape index (κ1) is 13.1. The highest BCUT2D eigenvalue weighted by Gasteiger charge is 2.28. The monoisotopic (exact) mass is 294 g/mol. The summed E-state index contributed by atoms with van der Waals surface area (Å²) in [6.45, 7) is 2.69. The molecule has 0 aliphatic carbocycles. The summed E-state index contributed by atoms with van der Waals surface area (Å²) in [5.74, 6) is 1.81. The normalized spacial score (nSPS) is 19.1. The molecule has 2 heterocycles. The average molecular weight is 294 g/mol. The molecule has 1 aromatic rings. The van der Waals surface area contributed by atoms with E-state index in [1.807, 2.05) is 0 Å². The summed E-state index contributed by atoms with van der Waals surface area (Å²) in [5.41, 5.74) is 0.442. The Morgan fingerprint density at radius 2 is 2.06 bits per heavy atom. The summed E-state index contributed by atoms with van der Waals surface area (Å²) in [6, 6.07) is 0. The van der Waals surface area contributed by atoms with Crippen LogP contribution in [-0.2, 0) is 10.0 Å². The SMILES string of the molecule is Cc1[nH]c(=O)sc1S(=O)(=O)N1CCCSCC1. The Labute approximate surface area is 108 Å². The maximum atomic E-state index is 12.3. The van der Waals surface area contributed by atoms with Gasteiger partial charge in [-0.15, -0.1) is 0 Å². The van der Waals surface area contributed by atoms with Crippen molar-refractivity contribution in [3.8, 4) is 0 Å². The van der Waals surface area contributed by atoms with Gasteiger partial charge in [0, 0.05) is 24.5 Å². The van der Waals surface area contributed by atoms with Crippen LogP contribution in [-0.4, -0.2) is 42.3 Å². The molecule has 96 valence electrons. The fourth-order valence-corrected chi connectivity index (χ4v) is 5.63. The molecule has 5 nitrogen and oxygen atoms in total. The third-order valence-corrected chi connectivity index (χ3v) is 7.07. The van der Waals surface area contributed by atoms with E-state index in [-0.39, 0.29) is 9.08 Å². The van der Waals surface area contributed by atoms with Gasteiger partial charge in [-0.1, -0.05) is 11.3 Å². The highest BCUT2D eigenvalue weighted by Crippen LogP contribution is 2.23. The Bertz CT molecular complexity index is 538. The number of aromatic amines is 1. The molecule has 0 unspecified atom stereocenters. The van der Waals surface area contributed by atoms with E-state index in [4.69, 9.17) is 0 Å². The van der Waals surface area contributed by atoms with Gasteiger partial charge in [0.15, 0.2) is 4.21 Å². The predicted molar refractivity (Wildman–Crippen MR) is 70.4 cm³/mol. The summed E-state index contributed by atoms with van der Waals surface area (Å²) >= 11 is 2.54. The van der Waals surface area contributed by atoms with Gasteiger partial charge >= 0.3 is 4.87 Å². The average Bonchev–Trinajstić information content (AvgIpc) is 2.52. The molecule has 0 radical (unpaired) electrons. The van der Waals surface area contributed by atoms with E-state index in [0.717, 1.165) is 29.3 Å². The third kappa shape index (κ3) is 2.75. The summed E-state index contributed by atoms with van der Waals surface area (Å²) < 4.78 is 26.3. The van der Waals surface area contributed by atoms with Crippen molar-refractivity contribution in [2.75, 3.05) is 24.6 Å². The Balaban J connectivity index is 2.35. The van der Waals surface area contributed by atoms with E-state index in [1.54, 1.807) is 18.7 Å². The molecule has 0 bridgehead atoms. The number of H-pyrrole nitrogens is 1. The van der Waals surface area contributed by atoms with Crippen LogP contribution in [0.2, 0.25) is 0 Å². The van der Waals surface area contributed by atoms with Crippen LogP contribution in [0, 0.1) is 6.92 Å². The molecule has 0 aromatic carbocycles. The van der Waals surface area contributed by atoms with E-state index in [0.29, 0.717) is 18.8 Å². The lowest BCUT2D eigenvalue weighted by Gasteiger charge is -2.18. The van der Waals surface area contributed by atoms with Gasteiger partial charge in [-0.25, -0.2) is 8.42 Å². The molecular formula is C9H14N2O3S3. The molecule has 0 spiro atoms. The number of thioether (sulfide) groups is 1. The topological polar surface area (TPSA) is 70.2 Å².